The maximum Gasteiger partial charge on any atom is 0.137 e. The Balaban J connectivity index is 2.30. The van der Waals surface area contributed by atoms with Crippen molar-refractivity contribution in [2.45, 2.75) is 26.1 Å². The smallest absolute Gasteiger partial charge is 0.137 e. The number of halogens is 2. The minimum atomic E-state index is -0.131. The highest BCUT2D eigenvalue weighted by Crippen LogP contribution is 2.33. The summed E-state index contributed by atoms with van der Waals surface area (Å²) < 4.78 is 2.06. The van der Waals surface area contributed by atoms with E-state index in [1.54, 1.807) is 0 Å². The molecule has 0 fully saturated rings. The third-order valence-electron chi connectivity index (χ3n) is 3.63. The van der Waals surface area contributed by atoms with E-state index in [0.717, 1.165) is 33.2 Å². The molecule has 0 saturated carbocycles. The van der Waals surface area contributed by atoms with Gasteiger partial charge in [0.2, 0.25) is 0 Å². The predicted molar refractivity (Wildman–Crippen MR) is 89.4 cm³/mol. The second kappa shape index (κ2) is 5.36. The largest absolute Gasteiger partial charge is 0.302 e. The zero-order chi connectivity index (χ0) is 15.1. The van der Waals surface area contributed by atoms with Crippen LogP contribution >= 0.6 is 23.2 Å². The summed E-state index contributed by atoms with van der Waals surface area (Å²) in [5.41, 5.74) is 6.10. The first-order valence-corrected chi connectivity index (χ1v) is 7.68. The molecule has 3 rings (SSSR count). The van der Waals surface area contributed by atoms with Gasteiger partial charge in [-0.05, 0) is 56.2 Å². The Labute approximate surface area is 134 Å². The molecule has 21 heavy (non-hydrogen) atoms. The Hall–Kier alpha value is -1.51. The summed E-state index contributed by atoms with van der Waals surface area (Å²) in [6.45, 7) is 6.03. The number of alkyl halides is 1. The maximum absolute atomic E-state index is 6.40. The van der Waals surface area contributed by atoms with Crippen molar-refractivity contribution in [2.24, 2.45) is 0 Å². The minimum absolute atomic E-state index is 0.131. The lowest BCUT2D eigenvalue weighted by Crippen LogP contribution is -1.95. The zero-order valence-corrected chi connectivity index (χ0v) is 13.7. The van der Waals surface area contributed by atoms with Crippen LogP contribution in [0, 0.1) is 13.8 Å². The molecule has 0 radical (unpaired) electrons. The molecule has 4 heteroatoms. The number of aryl methyl sites for hydroxylation is 2. The molecule has 0 aliphatic carbocycles. The summed E-state index contributed by atoms with van der Waals surface area (Å²) in [5, 5.41) is 0.632. The molecule has 1 atom stereocenters. The fourth-order valence-corrected chi connectivity index (χ4v) is 2.88. The number of pyridine rings is 1. The van der Waals surface area contributed by atoms with Crippen molar-refractivity contribution in [1.82, 2.24) is 9.38 Å². The summed E-state index contributed by atoms with van der Waals surface area (Å²) >= 11 is 12.5. The topological polar surface area (TPSA) is 17.3 Å². The molecule has 1 unspecified atom stereocenters. The van der Waals surface area contributed by atoms with Gasteiger partial charge >= 0.3 is 0 Å². The van der Waals surface area contributed by atoms with Crippen molar-refractivity contribution in [3.05, 3.63) is 58.4 Å². The molecule has 0 N–H and O–H groups in total. The van der Waals surface area contributed by atoms with E-state index in [0.29, 0.717) is 0 Å². The van der Waals surface area contributed by atoms with E-state index in [2.05, 4.69) is 29.5 Å². The SMILES string of the molecule is Cc1ccn2c(C(C)Cl)c(-c3ccc(Cl)c(C)c3)nc2c1. The average molecular weight is 319 g/mol. The van der Waals surface area contributed by atoms with Crippen LogP contribution < -0.4 is 0 Å². The number of fused-ring (bicyclic) bond motifs is 1. The molecule has 0 saturated heterocycles. The lowest BCUT2D eigenvalue weighted by atomic mass is 10.1. The van der Waals surface area contributed by atoms with E-state index < -0.39 is 0 Å². The number of rotatable bonds is 2. The Morgan fingerprint density at radius 3 is 2.57 bits per heavy atom. The normalized spacial score (nSPS) is 12.8. The van der Waals surface area contributed by atoms with Gasteiger partial charge in [-0.3, -0.25) is 0 Å². The Bertz CT molecular complexity index is 819. The van der Waals surface area contributed by atoms with Crippen LogP contribution in [-0.2, 0) is 0 Å². The van der Waals surface area contributed by atoms with Gasteiger partial charge in [0.1, 0.15) is 5.65 Å². The first-order chi connectivity index (χ1) is 9.97. The van der Waals surface area contributed by atoms with Gasteiger partial charge in [-0.2, -0.15) is 0 Å². The molecule has 3 aromatic rings. The number of aromatic nitrogens is 2. The van der Waals surface area contributed by atoms with E-state index in [-0.39, 0.29) is 5.38 Å². The van der Waals surface area contributed by atoms with Gasteiger partial charge in [0.15, 0.2) is 0 Å². The van der Waals surface area contributed by atoms with Crippen molar-refractivity contribution >= 4 is 28.8 Å². The first kappa shape index (κ1) is 14.4. The molecule has 1 aromatic carbocycles. The highest BCUT2D eigenvalue weighted by atomic mass is 35.5. The molecule has 2 nitrogen and oxygen atoms in total. The quantitative estimate of drug-likeness (QED) is 0.564. The van der Waals surface area contributed by atoms with Crippen LogP contribution in [-0.4, -0.2) is 9.38 Å². The number of nitrogens with zero attached hydrogens (tertiary/aromatic N) is 2. The van der Waals surface area contributed by atoms with Gasteiger partial charge in [0, 0.05) is 16.8 Å². The molecular formula is C17H16Cl2N2. The van der Waals surface area contributed by atoms with Gasteiger partial charge < -0.3 is 4.40 Å². The number of imidazole rings is 1. The third kappa shape index (κ3) is 2.54. The Morgan fingerprint density at radius 2 is 1.90 bits per heavy atom. The summed E-state index contributed by atoms with van der Waals surface area (Å²) in [4.78, 5) is 4.77. The number of benzene rings is 1. The Morgan fingerprint density at radius 1 is 1.14 bits per heavy atom. The maximum atomic E-state index is 6.40. The van der Waals surface area contributed by atoms with Crippen molar-refractivity contribution in [3.8, 4) is 11.3 Å². The zero-order valence-electron chi connectivity index (χ0n) is 12.2. The van der Waals surface area contributed by atoms with Gasteiger partial charge in [-0.25, -0.2) is 4.98 Å². The lowest BCUT2D eigenvalue weighted by Gasteiger charge is -2.08. The first-order valence-electron chi connectivity index (χ1n) is 6.86. The Kier molecular flexibility index (Phi) is 3.68. The van der Waals surface area contributed by atoms with Crippen molar-refractivity contribution in [3.63, 3.8) is 0 Å². The predicted octanol–water partition coefficient (Wildman–Crippen LogP) is 5.57. The van der Waals surface area contributed by atoms with E-state index in [1.165, 1.54) is 5.56 Å². The van der Waals surface area contributed by atoms with E-state index >= 15 is 0 Å². The third-order valence-corrected chi connectivity index (χ3v) is 4.26. The molecule has 0 bridgehead atoms. The summed E-state index contributed by atoms with van der Waals surface area (Å²) in [5.74, 6) is 0. The van der Waals surface area contributed by atoms with Crippen molar-refractivity contribution < 1.29 is 0 Å². The van der Waals surface area contributed by atoms with Crippen molar-refractivity contribution in [2.75, 3.05) is 0 Å². The molecule has 0 spiro atoms. The van der Waals surface area contributed by atoms with E-state index in [4.69, 9.17) is 28.2 Å². The van der Waals surface area contributed by atoms with Gasteiger partial charge in [0.05, 0.1) is 16.8 Å². The van der Waals surface area contributed by atoms with Gasteiger partial charge in [-0.15, -0.1) is 11.6 Å². The van der Waals surface area contributed by atoms with Crippen LogP contribution in [0.2, 0.25) is 5.02 Å². The van der Waals surface area contributed by atoms with Gasteiger partial charge in [0.25, 0.3) is 0 Å². The van der Waals surface area contributed by atoms with Crippen LogP contribution in [0.15, 0.2) is 36.5 Å². The summed E-state index contributed by atoms with van der Waals surface area (Å²) in [7, 11) is 0. The van der Waals surface area contributed by atoms with Crippen LogP contribution in [0.3, 0.4) is 0 Å². The lowest BCUT2D eigenvalue weighted by molar-refractivity contribution is 0.963. The van der Waals surface area contributed by atoms with Gasteiger partial charge in [-0.1, -0.05) is 17.7 Å². The highest BCUT2D eigenvalue weighted by Gasteiger charge is 2.18. The monoisotopic (exact) mass is 318 g/mol. The molecule has 2 aromatic heterocycles. The van der Waals surface area contributed by atoms with Crippen molar-refractivity contribution in [1.29, 1.82) is 0 Å². The van der Waals surface area contributed by atoms with Crippen LogP contribution in [0.1, 0.15) is 29.1 Å². The number of hydrogen-bond acceptors (Lipinski definition) is 1. The van der Waals surface area contributed by atoms with Crippen LogP contribution in [0.5, 0.6) is 0 Å². The highest BCUT2D eigenvalue weighted by molar-refractivity contribution is 6.31. The number of hydrogen-bond donors (Lipinski definition) is 0. The van der Waals surface area contributed by atoms with Crippen LogP contribution in [0.25, 0.3) is 16.9 Å². The molecular weight excluding hydrogens is 303 g/mol. The molecule has 0 aliphatic heterocycles. The summed E-state index contributed by atoms with van der Waals surface area (Å²) in [6.07, 6.45) is 2.03. The van der Waals surface area contributed by atoms with Crippen LogP contribution in [0.4, 0.5) is 0 Å². The fourth-order valence-electron chi connectivity index (χ4n) is 2.55. The van der Waals surface area contributed by atoms with E-state index in [1.807, 2.05) is 32.2 Å². The molecule has 0 amide bonds. The average Bonchev–Trinajstić information content (AvgIpc) is 2.80. The second-order valence-electron chi connectivity index (χ2n) is 5.36. The molecule has 2 heterocycles. The molecule has 108 valence electrons. The minimum Gasteiger partial charge on any atom is -0.302 e. The standard InChI is InChI=1S/C17H16Cl2N2/c1-10-6-7-21-15(8-10)20-16(17(21)12(3)18)13-4-5-14(19)11(2)9-13/h4-9,12H,1-3H3. The fraction of sp³-hybridized carbons (Fsp3) is 0.235. The molecule has 0 aliphatic rings. The van der Waals surface area contributed by atoms with E-state index in [9.17, 15) is 0 Å². The summed E-state index contributed by atoms with van der Waals surface area (Å²) in [6, 6.07) is 10.1. The second-order valence-corrected chi connectivity index (χ2v) is 6.42.